The molecule has 2 nitrogen and oxygen atoms in total. The van der Waals surface area contributed by atoms with Gasteiger partial charge in [0.15, 0.2) is 0 Å². The summed E-state index contributed by atoms with van der Waals surface area (Å²) in [6.45, 7) is 3.92. The van der Waals surface area contributed by atoms with E-state index in [-0.39, 0.29) is 10.6 Å². The van der Waals surface area contributed by atoms with E-state index in [1.165, 1.54) is 0 Å². The first-order chi connectivity index (χ1) is 4.22. The first-order valence-electron chi connectivity index (χ1n) is 3.45. The van der Waals surface area contributed by atoms with Crippen molar-refractivity contribution in [3.05, 3.63) is 0 Å². The average Bonchev–Trinajstić information content (AvgIpc) is 1.82. The standard InChI is InChI=1S/C7H14O2.FH/c1-3-5-6(4-2)7(8)9;/h6H,3-5H2,1-2H3,(H,8,9);1H. The molecule has 0 saturated heterocycles. The minimum Gasteiger partial charge on any atom is -0.481 e. The molecule has 0 radical (unpaired) electrons. The van der Waals surface area contributed by atoms with Gasteiger partial charge in [-0.15, -0.1) is 0 Å². The fourth-order valence-electron chi connectivity index (χ4n) is 0.851. The molecule has 0 aromatic carbocycles. The van der Waals surface area contributed by atoms with Crippen LogP contribution in [0.1, 0.15) is 33.1 Å². The van der Waals surface area contributed by atoms with Crippen LogP contribution in [-0.4, -0.2) is 11.1 Å². The quantitative estimate of drug-likeness (QED) is 0.666. The molecule has 0 saturated carbocycles. The molecule has 0 aliphatic rings. The number of halogens is 1. The molecule has 1 atom stereocenters. The van der Waals surface area contributed by atoms with Gasteiger partial charge in [0.2, 0.25) is 0 Å². The van der Waals surface area contributed by atoms with Gasteiger partial charge < -0.3 is 5.11 Å². The van der Waals surface area contributed by atoms with Gasteiger partial charge >= 0.3 is 5.97 Å². The molecular weight excluding hydrogens is 135 g/mol. The van der Waals surface area contributed by atoms with Crippen LogP contribution in [0.2, 0.25) is 0 Å². The van der Waals surface area contributed by atoms with Gasteiger partial charge in [-0.1, -0.05) is 20.3 Å². The maximum Gasteiger partial charge on any atom is 0.306 e. The van der Waals surface area contributed by atoms with Crippen molar-refractivity contribution in [3.63, 3.8) is 0 Å². The van der Waals surface area contributed by atoms with Crippen molar-refractivity contribution in [2.75, 3.05) is 0 Å². The Kier molecular flexibility index (Phi) is 7.90. The Morgan fingerprint density at radius 2 is 2.00 bits per heavy atom. The zero-order valence-corrected chi connectivity index (χ0v) is 6.46. The van der Waals surface area contributed by atoms with E-state index in [0.717, 1.165) is 19.3 Å². The van der Waals surface area contributed by atoms with Gasteiger partial charge in [-0.2, -0.15) is 0 Å². The molecular formula is C7H15FO2. The van der Waals surface area contributed by atoms with Crippen molar-refractivity contribution < 1.29 is 14.6 Å². The Hall–Kier alpha value is -0.600. The molecule has 0 aromatic rings. The predicted octanol–water partition coefficient (Wildman–Crippen LogP) is 2.05. The van der Waals surface area contributed by atoms with Gasteiger partial charge in [0.05, 0.1) is 5.92 Å². The van der Waals surface area contributed by atoms with Crippen LogP contribution in [0.15, 0.2) is 0 Å². The summed E-state index contributed by atoms with van der Waals surface area (Å²) in [7, 11) is 0. The van der Waals surface area contributed by atoms with Crippen LogP contribution in [0.5, 0.6) is 0 Å². The van der Waals surface area contributed by atoms with Crippen molar-refractivity contribution in [2.45, 2.75) is 33.1 Å². The molecule has 10 heavy (non-hydrogen) atoms. The van der Waals surface area contributed by atoms with Crippen LogP contribution in [0.4, 0.5) is 4.70 Å². The highest BCUT2D eigenvalue weighted by molar-refractivity contribution is 5.69. The number of carboxylic acids is 1. The maximum atomic E-state index is 10.3. The number of carboxylic acid groups (broad SMARTS) is 1. The summed E-state index contributed by atoms with van der Waals surface area (Å²) in [4.78, 5) is 10.3. The second kappa shape index (κ2) is 6.52. The Labute approximate surface area is 60.6 Å². The molecule has 0 heterocycles. The van der Waals surface area contributed by atoms with Crippen molar-refractivity contribution in [1.82, 2.24) is 0 Å². The van der Waals surface area contributed by atoms with Crippen molar-refractivity contribution in [2.24, 2.45) is 5.92 Å². The summed E-state index contributed by atoms with van der Waals surface area (Å²) in [5.74, 6) is -0.769. The molecule has 1 unspecified atom stereocenters. The van der Waals surface area contributed by atoms with Crippen molar-refractivity contribution in [3.8, 4) is 0 Å². The number of hydrogen-bond acceptors (Lipinski definition) is 1. The van der Waals surface area contributed by atoms with Gasteiger partial charge in [0.25, 0.3) is 0 Å². The molecule has 0 amide bonds. The van der Waals surface area contributed by atoms with Crippen LogP contribution < -0.4 is 0 Å². The van der Waals surface area contributed by atoms with Gasteiger partial charge in [0.1, 0.15) is 0 Å². The predicted molar refractivity (Wildman–Crippen MR) is 38.8 cm³/mol. The molecule has 3 heteroatoms. The fraction of sp³-hybridized carbons (Fsp3) is 0.857. The molecule has 0 aliphatic heterocycles. The third kappa shape index (κ3) is 4.30. The minimum atomic E-state index is -0.653. The molecule has 0 spiro atoms. The average molecular weight is 150 g/mol. The van der Waals surface area contributed by atoms with Crippen molar-refractivity contribution >= 4 is 5.97 Å². The van der Waals surface area contributed by atoms with Crippen LogP contribution in [-0.2, 0) is 4.79 Å². The largest absolute Gasteiger partial charge is 0.481 e. The Bertz CT molecular complexity index is 93.6. The first-order valence-corrected chi connectivity index (χ1v) is 3.45. The van der Waals surface area contributed by atoms with Crippen LogP contribution in [0.25, 0.3) is 0 Å². The Morgan fingerprint density at radius 1 is 1.50 bits per heavy atom. The molecule has 1 N–H and O–H groups in total. The second-order valence-electron chi connectivity index (χ2n) is 2.23. The number of aliphatic carboxylic acids is 1. The zero-order chi connectivity index (χ0) is 7.28. The van der Waals surface area contributed by atoms with E-state index in [0.29, 0.717) is 0 Å². The lowest BCUT2D eigenvalue weighted by Gasteiger charge is -2.05. The Morgan fingerprint density at radius 3 is 2.10 bits per heavy atom. The molecule has 0 fully saturated rings. The summed E-state index contributed by atoms with van der Waals surface area (Å²) in [5, 5.41) is 8.50. The summed E-state index contributed by atoms with van der Waals surface area (Å²) in [6.07, 6.45) is 2.53. The normalized spacial score (nSPS) is 11.8. The highest BCUT2D eigenvalue weighted by Gasteiger charge is 2.12. The lowest BCUT2D eigenvalue weighted by atomic mass is 10.0. The van der Waals surface area contributed by atoms with E-state index in [1.807, 2.05) is 13.8 Å². The molecule has 0 bridgehead atoms. The van der Waals surface area contributed by atoms with Gasteiger partial charge in [-0.25, -0.2) is 0 Å². The van der Waals surface area contributed by atoms with E-state index in [1.54, 1.807) is 0 Å². The number of rotatable bonds is 4. The minimum absolute atomic E-state index is 0. The Balaban J connectivity index is 0. The monoisotopic (exact) mass is 150 g/mol. The molecule has 0 aromatic heterocycles. The van der Waals surface area contributed by atoms with Crippen LogP contribution >= 0.6 is 0 Å². The number of hydrogen-bond donors (Lipinski definition) is 1. The van der Waals surface area contributed by atoms with Gasteiger partial charge in [-0.3, -0.25) is 9.50 Å². The summed E-state index contributed by atoms with van der Waals surface area (Å²) < 4.78 is 0. The molecule has 0 aliphatic carbocycles. The summed E-state index contributed by atoms with van der Waals surface area (Å²) in [5.41, 5.74) is 0. The van der Waals surface area contributed by atoms with Crippen LogP contribution in [0, 0.1) is 5.92 Å². The van der Waals surface area contributed by atoms with Gasteiger partial charge in [0, 0.05) is 0 Å². The highest BCUT2D eigenvalue weighted by Crippen LogP contribution is 2.09. The third-order valence-electron chi connectivity index (χ3n) is 1.48. The number of carbonyl (C=O) groups is 1. The lowest BCUT2D eigenvalue weighted by molar-refractivity contribution is -0.142. The highest BCUT2D eigenvalue weighted by atomic mass is 19.0. The first kappa shape index (κ1) is 12.1. The summed E-state index contributed by atoms with van der Waals surface area (Å²) in [6, 6.07) is 0. The second-order valence-corrected chi connectivity index (χ2v) is 2.23. The van der Waals surface area contributed by atoms with E-state index in [4.69, 9.17) is 5.11 Å². The fourth-order valence-corrected chi connectivity index (χ4v) is 0.851. The van der Waals surface area contributed by atoms with Crippen LogP contribution in [0.3, 0.4) is 0 Å². The lowest BCUT2D eigenvalue weighted by Crippen LogP contribution is -2.11. The maximum absolute atomic E-state index is 10.3. The topological polar surface area (TPSA) is 37.3 Å². The SMILES string of the molecule is CCCC(CC)C(=O)O.F. The van der Waals surface area contributed by atoms with E-state index in [2.05, 4.69) is 0 Å². The summed E-state index contributed by atoms with van der Waals surface area (Å²) >= 11 is 0. The van der Waals surface area contributed by atoms with E-state index < -0.39 is 5.97 Å². The van der Waals surface area contributed by atoms with E-state index in [9.17, 15) is 4.79 Å². The van der Waals surface area contributed by atoms with E-state index >= 15 is 0 Å². The van der Waals surface area contributed by atoms with Gasteiger partial charge in [-0.05, 0) is 12.8 Å². The molecule has 62 valence electrons. The smallest absolute Gasteiger partial charge is 0.306 e. The zero-order valence-electron chi connectivity index (χ0n) is 6.46. The van der Waals surface area contributed by atoms with Crippen molar-refractivity contribution in [1.29, 1.82) is 0 Å². The molecule has 0 rings (SSSR count). The third-order valence-corrected chi connectivity index (χ3v) is 1.48.